The van der Waals surface area contributed by atoms with E-state index in [0.29, 0.717) is 17.6 Å². The minimum Gasteiger partial charge on any atom is -0.371 e. The molecule has 1 unspecified atom stereocenters. The van der Waals surface area contributed by atoms with E-state index in [1.807, 2.05) is 25.3 Å². The van der Waals surface area contributed by atoms with Crippen LogP contribution in [0.2, 0.25) is 5.15 Å². The third kappa shape index (κ3) is 2.12. The zero-order valence-electron chi connectivity index (χ0n) is 8.53. The van der Waals surface area contributed by atoms with Crippen molar-refractivity contribution in [3.8, 4) is 0 Å². The molecule has 0 aliphatic carbocycles. The highest BCUT2D eigenvalue weighted by atomic mass is 35.5. The Morgan fingerprint density at radius 1 is 1.53 bits per heavy atom. The Morgan fingerprint density at radius 2 is 2.33 bits per heavy atom. The molecule has 2 heterocycles. The minimum absolute atomic E-state index is 0.112. The van der Waals surface area contributed by atoms with E-state index in [0.717, 1.165) is 10.2 Å². The van der Waals surface area contributed by atoms with E-state index in [9.17, 15) is 0 Å². The average molecular weight is 243 g/mol. The molecule has 0 aliphatic rings. The molecular weight excluding hydrogens is 232 g/mol. The van der Waals surface area contributed by atoms with Crippen LogP contribution in [0.4, 0.5) is 0 Å². The molecule has 2 aromatic heterocycles. The molecule has 0 aliphatic heterocycles. The molecule has 0 radical (unpaired) electrons. The first-order valence-electron chi connectivity index (χ1n) is 4.74. The van der Waals surface area contributed by atoms with Gasteiger partial charge in [-0.1, -0.05) is 11.6 Å². The third-order valence-corrected chi connectivity index (χ3v) is 3.17. The Morgan fingerprint density at radius 3 is 3.07 bits per heavy atom. The second-order valence-corrected chi connectivity index (χ2v) is 4.36. The van der Waals surface area contributed by atoms with Gasteiger partial charge < -0.3 is 4.74 Å². The molecule has 0 fully saturated rings. The fourth-order valence-corrected chi connectivity index (χ4v) is 2.41. The molecule has 0 amide bonds. The normalized spacial score (nSPS) is 13.3. The monoisotopic (exact) mass is 242 g/mol. The lowest BCUT2D eigenvalue weighted by molar-refractivity contribution is 0.0703. The van der Waals surface area contributed by atoms with Crippen molar-refractivity contribution < 1.29 is 4.74 Å². The summed E-state index contributed by atoms with van der Waals surface area (Å²) in [6.45, 7) is 4.51. The van der Waals surface area contributed by atoms with Crippen molar-refractivity contribution >= 4 is 33.2 Å². The zero-order valence-corrected chi connectivity index (χ0v) is 10.1. The van der Waals surface area contributed by atoms with Crippen molar-refractivity contribution in [2.75, 3.05) is 6.61 Å². The summed E-state index contributed by atoms with van der Waals surface area (Å²) >= 11 is 7.61. The van der Waals surface area contributed by atoms with Crippen LogP contribution in [0.1, 0.15) is 25.8 Å². The van der Waals surface area contributed by atoms with E-state index in [2.05, 4.69) is 9.97 Å². The third-order valence-electron chi connectivity index (χ3n) is 2.08. The molecule has 2 rings (SSSR count). The Kier molecular flexibility index (Phi) is 3.19. The van der Waals surface area contributed by atoms with Crippen LogP contribution in [-0.2, 0) is 4.74 Å². The first kappa shape index (κ1) is 10.8. The molecular formula is C10H11ClN2OS. The molecule has 3 nitrogen and oxygen atoms in total. The summed E-state index contributed by atoms with van der Waals surface area (Å²) in [5.74, 6) is 0.650. The van der Waals surface area contributed by atoms with Crippen LogP contribution >= 0.6 is 22.9 Å². The number of rotatable bonds is 3. The highest BCUT2D eigenvalue weighted by Gasteiger charge is 2.12. The molecule has 0 bridgehead atoms. The summed E-state index contributed by atoms with van der Waals surface area (Å²) < 4.78 is 5.43. The molecule has 2 aromatic rings. The highest BCUT2D eigenvalue weighted by Crippen LogP contribution is 2.26. The molecule has 0 aromatic carbocycles. The van der Waals surface area contributed by atoms with Crippen molar-refractivity contribution in [2.24, 2.45) is 0 Å². The number of hydrogen-bond acceptors (Lipinski definition) is 4. The summed E-state index contributed by atoms with van der Waals surface area (Å²) in [5, 5.41) is 3.37. The van der Waals surface area contributed by atoms with Gasteiger partial charge >= 0.3 is 0 Å². The van der Waals surface area contributed by atoms with Gasteiger partial charge in [-0.2, -0.15) is 0 Å². The molecule has 0 N–H and O–H groups in total. The SMILES string of the molecule is CCOC(C)c1nc(Cl)c2ccsc2n1. The van der Waals surface area contributed by atoms with Gasteiger partial charge in [0.15, 0.2) is 5.82 Å². The van der Waals surface area contributed by atoms with E-state index in [-0.39, 0.29) is 6.10 Å². The molecule has 15 heavy (non-hydrogen) atoms. The first-order valence-corrected chi connectivity index (χ1v) is 6.00. The van der Waals surface area contributed by atoms with Gasteiger partial charge in [0.2, 0.25) is 0 Å². The Bertz CT molecular complexity index is 471. The van der Waals surface area contributed by atoms with E-state index in [1.54, 1.807) is 11.3 Å². The fraction of sp³-hybridized carbons (Fsp3) is 0.400. The van der Waals surface area contributed by atoms with Crippen molar-refractivity contribution in [1.82, 2.24) is 9.97 Å². The average Bonchev–Trinajstić information content (AvgIpc) is 2.66. The number of halogens is 1. The van der Waals surface area contributed by atoms with Crippen molar-refractivity contribution in [1.29, 1.82) is 0 Å². The van der Waals surface area contributed by atoms with Gasteiger partial charge in [-0.25, -0.2) is 9.97 Å². The number of aromatic nitrogens is 2. The maximum absolute atomic E-state index is 6.05. The van der Waals surface area contributed by atoms with Crippen LogP contribution < -0.4 is 0 Å². The lowest BCUT2D eigenvalue weighted by Gasteiger charge is -2.10. The fourth-order valence-electron chi connectivity index (χ4n) is 1.34. The summed E-state index contributed by atoms with van der Waals surface area (Å²) in [7, 11) is 0. The van der Waals surface area contributed by atoms with E-state index < -0.39 is 0 Å². The number of nitrogens with zero attached hydrogens (tertiary/aromatic N) is 2. The standard InChI is InChI=1S/C10H11ClN2OS/c1-3-14-6(2)9-12-8(11)7-4-5-15-10(7)13-9/h4-6H,3H2,1-2H3. The zero-order chi connectivity index (χ0) is 10.8. The van der Waals surface area contributed by atoms with Gasteiger partial charge in [-0.15, -0.1) is 11.3 Å². The van der Waals surface area contributed by atoms with Crippen molar-refractivity contribution in [2.45, 2.75) is 20.0 Å². The van der Waals surface area contributed by atoms with Crippen LogP contribution in [0, 0.1) is 0 Å². The van der Waals surface area contributed by atoms with Gasteiger partial charge in [0, 0.05) is 12.0 Å². The van der Waals surface area contributed by atoms with Crippen LogP contribution in [0.25, 0.3) is 10.2 Å². The largest absolute Gasteiger partial charge is 0.371 e. The van der Waals surface area contributed by atoms with E-state index in [1.165, 1.54) is 0 Å². The smallest absolute Gasteiger partial charge is 0.160 e. The highest BCUT2D eigenvalue weighted by molar-refractivity contribution is 7.16. The van der Waals surface area contributed by atoms with Crippen LogP contribution in [0.3, 0.4) is 0 Å². The summed E-state index contributed by atoms with van der Waals surface area (Å²) in [6.07, 6.45) is -0.112. The van der Waals surface area contributed by atoms with Crippen molar-refractivity contribution in [3.63, 3.8) is 0 Å². The molecule has 1 atom stereocenters. The molecule has 80 valence electrons. The first-order chi connectivity index (χ1) is 7.22. The second-order valence-electron chi connectivity index (χ2n) is 3.11. The van der Waals surface area contributed by atoms with Gasteiger partial charge in [-0.05, 0) is 25.3 Å². The molecule has 0 saturated carbocycles. The second kappa shape index (κ2) is 4.43. The number of fused-ring (bicyclic) bond motifs is 1. The van der Waals surface area contributed by atoms with E-state index in [4.69, 9.17) is 16.3 Å². The summed E-state index contributed by atoms with van der Waals surface area (Å²) in [6, 6.07) is 1.93. The van der Waals surface area contributed by atoms with Gasteiger partial charge in [0.05, 0.1) is 0 Å². The Balaban J connectivity index is 2.44. The maximum Gasteiger partial charge on any atom is 0.160 e. The lowest BCUT2D eigenvalue weighted by Crippen LogP contribution is -2.04. The van der Waals surface area contributed by atoms with Gasteiger partial charge in [0.25, 0.3) is 0 Å². The van der Waals surface area contributed by atoms with Gasteiger partial charge in [-0.3, -0.25) is 0 Å². The van der Waals surface area contributed by atoms with Gasteiger partial charge in [0.1, 0.15) is 16.1 Å². The number of hydrogen-bond donors (Lipinski definition) is 0. The number of ether oxygens (including phenoxy) is 1. The Labute approximate surface area is 97.1 Å². The number of thiophene rings is 1. The molecule has 5 heteroatoms. The summed E-state index contributed by atoms with van der Waals surface area (Å²) in [4.78, 5) is 9.55. The topological polar surface area (TPSA) is 35.0 Å². The van der Waals surface area contributed by atoms with E-state index >= 15 is 0 Å². The molecule has 0 saturated heterocycles. The van der Waals surface area contributed by atoms with Crippen LogP contribution in [-0.4, -0.2) is 16.6 Å². The minimum atomic E-state index is -0.112. The molecule has 0 spiro atoms. The van der Waals surface area contributed by atoms with Crippen molar-refractivity contribution in [3.05, 3.63) is 22.4 Å². The Hall–Kier alpha value is -0.710. The lowest BCUT2D eigenvalue weighted by atomic mass is 10.3. The van der Waals surface area contributed by atoms with Crippen LogP contribution in [0.15, 0.2) is 11.4 Å². The summed E-state index contributed by atoms with van der Waals surface area (Å²) in [5.41, 5.74) is 0. The predicted octanol–water partition coefficient (Wildman–Crippen LogP) is 3.44. The quantitative estimate of drug-likeness (QED) is 0.774. The maximum atomic E-state index is 6.05. The predicted molar refractivity (Wildman–Crippen MR) is 62.5 cm³/mol. The van der Waals surface area contributed by atoms with Crippen LogP contribution in [0.5, 0.6) is 0 Å².